The van der Waals surface area contributed by atoms with Crippen molar-refractivity contribution in [1.82, 2.24) is 14.5 Å². The molecule has 5 heterocycles. The van der Waals surface area contributed by atoms with Crippen molar-refractivity contribution in [2.24, 2.45) is 5.92 Å². The summed E-state index contributed by atoms with van der Waals surface area (Å²) in [5, 5.41) is 0.817. The van der Waals surface area contributed by atoms with E-state index in [0.29, 0.717) is 17.8 Å². The summed E-state index contributed by atoms with van der Waals surface area (Å²) in [5.74, 6) is 1.40. The predicted octanol–water partition coefficient (Wildman–Crippen LogP) is 2.65. The number of anilines is 1. The van der Waals surface area contributed by atoms with Gasteiger partial charge >= 0.3 is 0 Å². The Hall–Kier alpha value is -2.41. The molecule has 0 radical (unpaired) electrons. The molecule has 3 aliphatic rings. The fraction of sp³-hybridized carbons (Fsp3) is 0.476. The van der Waals surface area contributed by atoms with Gasteiger partial charge in [-0.1, -0.05) is 6.07 Å². The molecular formula is C21H22N4O2S. The van der Waals surface area contributed by atoms with Gasteiger partial charge in [-0.2, -0.15) is 0 Å². The summed E-state index contributed by atoms with van der Waals surface area (Å²) in [6.45, 7) is 2.37. The van der Waals surface area contributed by atoms with Gasteiger partial charge in [-0.15, -0.1) is 11.3 Å². The Balaban J connectivity index is 1.40. The molecule has 3 aromatic rings. The fourth-order valence-corrected chi connectivity index (χ4v) is 6.63. The van der Waals surface area contributed by atoms with Crippen molar-refractivity contribution < 1.29 is 0 Å². The van der Waals surface area contributed by atoms with E-state index < -0.39 is 0 Å². The zero-order valence-electron chi connectivity index (χ0n) is 15.6. The van der Waals surface area contributed by atoms with Crippen LogP contribution in [-0.4, -0.2) is 27.6 Å². The molecule has 1 aliphatic carbocycles. The van der Waals surface area contributed by atoms with E-state index in [9.17, 15) is 9.59 Å². The van der Waals surface area contributed by atoms with Gasteiger partial charge in [0, 0.05) is 42.2 Å². The molecule has 0 spiro atoms. The van der Waals surface area contributed by atoms with Gasteiger partial charge in [0.1, 0.15) is 4.83 Å². The van der Waals surface area contributed by atoms with Crippen LogP contribution in [-0.2, 0) is 19.4 Å². The van der Waals surface area contributed by atoms with E-state index >= 15 is 0 Å². The smallest absolute Gasteiger partial charge is 0.261 e. The lowest BCUT2D eigenvalue weighted by molar-refractivity contribution is 0.279. The third-order valence-electron chi connectivity index (χ3n) is 6.59. The van der Waals surface area contributed by atoms with E-state index in [1.165, 1.54) is 16.9 Å². The van der Waals surface area contributed by atoms with Crippen LogP contribution in [0.15, 0.2) is 27.8 Å². The number of pyridine rings is 1. The zero-order chi connectivity index (χ0) is 18.8. The number of aromatic nitrogens is 3. The van der Waals surface area contributed by atoms with Gasteiger partial charge in [-0.05, 0) is 49.7 Å². The highest BCUT2D eigenvalue weighted by Gasteiger charge is 2.35. The molecule has 0 saturated carbocycles. The summed E-state index contributed by atoms with van der Waals surface area (Å²) in [6.07, 6.45) is 5.54. The molecule has 2 aliphatic heterocycles. The first-order chi connectivity index (χ1) is 13.7. The van der Waals surface area contributed by atoms with Gasteiger partial charge in [-0.25, -0.2) is 4.98 Å². The third kappa shape index (κ3) is 2.42. The number of fused-ring (bicyclic) bond motifs is 7. The normalized spacial score (nSPS) is 23.5. The number of rotatable bonds is 1. The Kier molecular flexibility index (Phi) is 3.57. The standard InChI is InChI=1S/C21H22N4O2S/c26-17-7-3-5-15-13-8-12(10-25(15)17)9-24(11-13)21-22-19(27)18-14-4-1-2-6-16(14)28-20(18)23-21/h3,5,7,12-13H,1-2,4,6,8-11H2,(H,22,23,27). The minimum Gasteiger partial charge on any atom is -0.341 e. The molecule has 1 fully saturated rings. The molecule has 6 nitrogen and oxygen atoms in total. The molecule has 0 aromatic carbocycles. The molecule has 2 atom stereocenters. The van der Waals surface area contributed by atoms with Crippen LogP contribution in [0.1, 0.15) is 41.3 Å². The predicted molar refractivity (Wildman–Crippen MR) is 111 cm³/mol. The van der Waals surface area contributed by atoms with Crippen molar-refractivity contribution >= 4 is 27.5 Å². The van der Waals surface area contributed by atoms with E-state index in [4.69, 9.17) is 4.98 Å². The van der Waals surface area contributed by atoms with Crippen molar-refractivity contribution in [2.45, 2.75) is 44.6 Å². The molecule has 3 aromatic heterocycles. The fourth-order valence-electron chi connectivity index (χ4n) is 5.37. The van der Waals surface area contributed by atoms with Crippen LogP contribution in [0.5, 0.6) is 0 Å². The van der Waals surface area contributed by atoms with E-state index in [1.807, 2.05) is 10.6 Å². The quantitative estimate of drug-likeness (QED) is 0.689. The van der Waals surface area contributed by atoms with Crippen LogP contribution >= 0.6 is 11.3 Å². The third-order valence-corrected chi connectivity index (χ3v) is 7.78. The van der Waals surface area contributed by atoms with Gasteiger partial charge in [0.05, 0.1) is 5.39 Å². The van der Waals surface area contributed by atoms with Crippen molar-refractivity contribution in [3.63, 3.8) is 0 Å². The molecule has 7 heteroatoms. The second-order valence-corrected chi connectivity index (χ2v) is 9.47. The van der Waals surface area contributed by atoms with Gasteiger partial charge in [0.2, 0.25) is 5.95 Å². The molecule has 28 heavy (non-hydrogen) atoms. The largest absolute Gasteiger partial charge is 0.341 e. The first-order valence-electron chi connectivity index (χ1n) is 10.2. The second kappa shape index (κ2) is 6.04. The molecule has 1 saturated heterocycles. The Morgan fingerprint density at radius 3 is 2.93 bits per heavy atom. The van der Waals surface area contributed by atoms with E-state index in [1.54, 1.807) is 17.4 Å². The molecule has 144 valence electrons. The molecule has 2 unspecified atom stereocenters. The summed E-state index contributed by atoms with van der Waals surface area (Å²) in [6, 6.07) is 5.57. The first-order valence-corrected chi connectivity index (χ1v) is 11.0. The lowest BCUT2D eigenvalue weighted by Crippen LogP contribution is -2.48. The highest BCUT2D eigenvalue weighted by molar-refractivity contribution is 7.18. The van der Waals surface area contributed by atoms with Crippen LogP contribution in [0.2, 0.25) is 0 Å². The SMILES string of the molecule is O=c1[nH]c(N2CC3CC(C2)c2cccc(=O)n2C3)nc2sc3c(c12)CCCC3. The molecule has 2 bridgehead atoms. The van der Waals surface area contributed by atoms with E-state index in [0.717, 1.165) is 61.2 Å². The van der Waals surface area contributed by atoms with Gasteiger partial charge < -0.3 is 9.47 Å². The number of nitrogens with one attached hydrogen (secondary N) is 1. The Morgan fingerprint density at radius 1 is 1.11 bits per heavy atom. The number of H-pyrrole nitrogens is 1. The lowest BCUT2D eigenvalue weighted by atomic mass is 9.83. The summed E-state index contributed by atoms with van der Waals surface area (Å²) >= 11 is 1.70. The number of hydrogen-bond acceptors (Lipinski definition) is 5. The average Bonchev–Trinajstić information content (AvgIpc) is 3.07. The van der Waals surface area contributed by atoms with Crippen LogP contribution in [0.25, 0.3) is 10.2 Å². The maximum absolute atomic E-state index is 12.9. The number of hydrogen-bond donors (Lipinski definition) is 1. The Morgan fingerprint density at radius 2 is 2.00 bits per heavy atom. The molecule has 6 rings (SSSR count). The molecule has 1 N–H and O–H groups in total. The summed E-state index contributed by atoms with van der Waals surface area (Å²) < 4.78 is 1.93. The summed E-state index contributed by atoms with van der Waals surface area (Å²) in [5.41, 5.74) is 2.45. The van der Waals surface area contributed by atoms with Crippen molar-refractivity contribution in [2.75, 3.05) is 18.0 Å². The van der Waals surface area contributed by atoms with Gasteiger partial charge in [-0.3, -0.25) is 14.6 Å². The first kappa shape index (κ1) is 16.5. The van der Waals surface area contributed by atoms with Crippen molar-refractivity contribution in [3.05, 3.63) is 55.0 Å². The van der Waals surface area contributed by atoms with Crippen LogP contribution in [0.4, 0.5) is 5.95 Å². The van der Waals surface area contributed by atoms with Gasteiger partial charge in [0.15, 0.2) is 0 Å². The minimum atomic E-state index is 0.00625. The second-order valence-electron chi connectivity index (χ2n) is 8.38. The van der Waals surface area contributed by atoms with Gasteiger partial charge in [0.25, 0.3) is 11.1 Å². The lowest BCUT2D eigenvalue weighted by Gasteiger charge is -2.42. The number of aromatic amines is 1. The van der Waals surface area contributed by atoms with Crippen LogP contribution < -0.4 is 16.0 Å². The monoisotopic (exact) mass is 394 g/mol. The maximum atomic E-state index is 12.9. The van der Waals surface area contributed by atoms with Crippen LogP contribution in [0.3, 0.4) is 0 Å². The molecule has 0 amide bonds. The van der Waals surface area contributed by atoms with Crippen molar-refractivity contribution in [1.29, 1.82) is 0 Å². The number of piperidine rings is 1. The summed E-state index contributed by atoms with van der Waals surface area (Å²) in [7, 11) is 0. The highest BCUT2D eigenvalue weighted by atomic mass is 32.1. The Bertz CT molecular complexity index is 1210. The Labute approximate surface area is 165 Å². The van der Waals surface area contributed by atoms with Crippen LogP contribution in [0, 0.1) is 5.92 Å². The number of thiophene rings is 1. The minimum absolute atomic E-state index is 0.00625. The zero-order valence-corrected chi connectivity index (χ0v) is 16.4. The molecular weight excluding hydrogens is 372 g/mol. The topological polar surface area (TPSA) is 71.0 Å². The number of nitrogens with zero attached hydrogens (tertiary/aromatic N) is 3. The average molecular weight is 395 g/mol. The number of aryl methyl sites for hydroxylation is 2. The van der Waals surface area contributed by atoms with E-state index in [-0.39, 0.29) is 11.1 Å². The van der Waals surface area contributed by atoms with Crippen molar-refractivity contribution in [3.8, 4) is 0 Å². The van der Waals surface area contributed by atoms with E-state index in [2.05, 4.69) is 16.0 Å². The summed E-state index contributed by atoms with van der Waals surface area (Å²) in [4.78, 5) is 37.5. The maximum Gasteiger partial charge on any atom is 0.261 e. The highest BCUT2D eigenvalue weighted by Crippen LogP contribution is 2.37.